The lowest BCUT2D eigenvalue weighted by Crippen LogP contribution is -2.52. The number of halogens is 1. The molecule has 0 radical (unpaired) electrons. The van der Waals surface area contributed by atoms with Crippen molar-refractivity contribution in [1.82, 2.24) is 20.2 Å². The Hall–Kier alpha value is -2.10. The first-order valence-electron chi connectivity index (χ1n) is 10.5. The molecule has 2 aliphatic rings. The van der Waals surface area contributed by atoms with Gasteiger partial charge in [-0.3, -0.25) is 4.99 Å². The Labute approximate surface area is 196 Å². The van der Waals surface area contributed by atoms with Gasteiger partial charge in [-0.05, 0) is 49.4 Å². The number of rotatable bonds is 5. The fourth-order valence-electron chi connectivity index (χ4n) is 4.00. The van der Waals surface area contributed by atoms with Crippen LogP contribution in [-0.4, -0.2) is 60.2 Å². The molecule has 7 nitrogen and oxygen atoms in total. The SMILES string of the molecule is CN=C(NCc1ccnc(OC2CCCC2)c1)N1CCN(c2ccccn2)CC1.I. The third kappa shape index (κ3) is 5.96. The molecule has 30 heavy (non-hydrogen) atoms. The molecular formula is C22H31IN6O. The van der Waals surface area contributed by atoms with E-state index < -0.39 is 0 Å². The van der Waals surface area contributed by atoms with Crippen LogP contribution in [0.2, 0.25) is 0 Å². The molecule has 0 spiro atoms. The van der Waals surface area contributed by atoms with Crippen molar-refractivity contribution < 1.29 is 4.74 Å². The maximum absolute atomic E-state index is 6.03. The molecule has 0 amide bonds. The minimum atomic E-state index is 0. The number of aromatic nitrogens is 2. The number of ether oxygens (including phenoxy) is 1. The van der Waals surface area contributed by atoms with Crippen molar-refractivity contribution in [2.75, 3.05) is 38.1 Å². The predicted molar refractivity (Wildman–Crippen MR) is 131 cm³/mol. The minimum Gasteiger partial charge on any atom is -0.474 e. The number of aliphatic imine (C=N–C) groups is 1. The quantitative estimate of drug-likeness (QED) is 0.370. The normalized spacial score (nSPS) is 17.6. The van der Waals surface area contributed by atoms with E-state index in [2.05, 4.69) is 36.1 Å². The van der Waals surface area contributed by atoms with Crippen molar-refractivity contribution in [2.24, 2.45) is 4.99 Å². The van der Waals surface area contributed by atoms with Crippen LogP contribution in [0.1, 0.15) is 31.2 Å². The largest absolute Gasteiger partial charge is 0.474 e. The second-order valence-electron chi connectivity index (χ2n) is 7.59. The summed E-state index contributed by atoms with van der Waals surface area (Å²) >= 11 is 0. The standard InChI is InChI=1S/C22H30N6O.HI/c1-23-22(28-14-12-27(13-15-28)20-8-4-5-10-24-20)26-17-18-9-11-25-21(16-18)29-19-6-2-3-7-19;/h4-5,8-11,16,19H,2-3,6-7,12-15,17H2,1H3,(H,23,26);1H. The van der Waals surface area contributed by atoms with Crippen molar-refractivity contribution in [3.63, 3.8) is 0 Å². The second kappa shape index (κ2) is 11.3. The molecule has 1 aliphatic heterocycles. The molecule has 1 aliphatic carbocycles. The van der Waals surface area contributed by atoms with Crippen molar-refractivity contribution in [2.45, 2.75) is 38.3 Å². The number of nitrogens with one attached hydrogen (secondary N) is 1. The molecule has 0 aromatic carbocycles. The van der Waals surface area contributed by atoms with Crippen molar-refractivity contribution in [3.05, 3.63) is 48.3 Å². The topological polar surface area (TPSA) is 65.9 Å². The lowest BCUT2D eigenvalue weighted by Gasteiger charge is -2.37. The summed E-state index contributed by atoms with van der Waals surface area (Å²) in [5.74, 6) is 2.71. The number of piperazine rings is 1. The van der Waals surface area contributed by atoms with Crippen molar-refractivity contribution in [1.29, 1.82) is 0 Å². The van der Waals surface area contributed by atoms with Crippen LogP contribution in [0.5, 0.6) is 5.88 Å². The zero-order valence-electron chi connectivity index (χ0n) is 17.5. The Morgan fingerprint density at radius 2 is 1.90 bits per heavy atom. The summed E-state index contributed by atoms with van der Waals surface area (Å²) in [7, 11) is 1.84. The Kier molecular flexibility index (Phi) is 8.53. The maximum atomic E-state index is 6.03. The van der Waals surface area contributed by atoms with Gasteiger partial charge in [-0.2, -0.15) is 0 Å². The monoisotopic (exact) mass is 522 g/mol. The minimum absolute atomic E-state index is 0. The Bertz CT molecular complexity index is 804. The summed E-state index contributed by atoms with van der Waals surface area (Å²) in [5, 5.41) is 3.49. The molecule has 162 valence electrons. The van der Waals surface area contributed by atoms with E-state index in [1.807, 2.05) is 43.7 Å². The number of hydrogen-bond donors (Lipinski definition) is 1. The fraction of sp³-hybridized carbons (Fsp3) is 0.500. The summed E-state index contributed by atoms with van der Waals surface area (Å²) in [5.41, 5.74) is 1.15. The van der Waals surface area contributed by atoms with E-state index in [9.17, 15) is 0 Å². The van der Waals surface area contributed by atoms with Crippen LogP contribution >= 0.6 is 24.0 Å². The van der Waals surface area contributed by atoms with E-state index in [1.165, 1.54) is 12.8 Å². The summed E-state index contributed by atoms with van der Waals surface area (Å²) in [6.07, 6.45) is 8.81. The number of pyridine rings is 2. The third-order valence-corrected chi connectivity index (χ3v) is 5.60. The Balaban J connectivity index is 0.00000256. The van der Waals surface area contributed by atoms with Crippen LogP contribution in [0.3, 0.4) is 0 Å². The van der Waals surface area contributed by atoms with Gasteiger partial charge in [0.1, 0.15) is 11.9 Å². The number of hydrogen-bond acceptors (Lipinski definition) is 5. The molecule has 1 saturated carbocycles. The van der Waals surface area contributed by atoms with Crippen LogP contribution < -0.4 is 15.0 Å². The van der Waals surface area contributed by atoms with Gasteiger partial charge in [0.25, 0.3) is 0 Å². The van der Waals surface area contributed by atoms with E-state index in [0.29, 0.717) is 12.6 Å². The van der Waals surface area contributed by atoms with E-state index in [0.717, 1.165) is 62.2 Å². The zero-order chi connectivity index (χ0) is 19.9. The van der Waals surface area contributed by atoms with Crippen LogP contribution in [0.4, 0.5) is 5.82 Å². The highest BCUT2D eigenvalue weighted by molar-refractivity contribution is 14.0. The lowest BCUT2D eigenvalue weighted by molar-refractivity contribution is 0.201. The van der Waals surface area contributed by atoms with Gasteiger partial charge < -0.3 is 19.9 Å². The van der Waals surface area contributed by atoms with E-state index in [1.54, 1.807) is 0 Å². The zero-order valence-corrected chi connectivity index (χ0v) is 19.9. The first kappa shape index (κ1) is 22.6. The van der Waals surface area contributed by atoms with E-state index in [-0.39, 0.29) is 24.0 Å². The van der Waals surface area contributed by atoms with Gasteiger partial charge >= 0.3 is 0 Å². The van der Waals surface area contributed by atoms with Gasteiger partial charge in [-0.25, -0.2) is 9.97 Å². The fourth-order valence-corrected chi connectivity index (χ4v) is 4.00. The van der Waals surface area contributed by atoms with Gasteiger partial charge in [-0.15, -0.1) is 24.0 Å². The number of nitrogens with zero attached hydrogens (tertiary/aromatic N) is 5. The highest BCUT2D eigenvalue weighted by atomic mass is 127. The molecule has 2 fully saturated rings. The highest BCUT2D eigenvalue weighted by Crippen LogP contribution is 2.23. The van der Waals surface area contributed by atoms with Gasteiger partial charge in [-0.1, -0.05) is 6.07 Å². The van der Waals surface area contributed by atoms with E-state index in [4.69, 9.17) is 4.74 Å². The van der Waals surface area contributed by atoms with Crippen molar-refractivity contribution >= 4 is 35.8 Å². The molecule has 2 aromatic heterocycles. The first-order chi connectivity index (χ1) is 14.3. The number of anilines is 1. The molecule has 1 N–H and O–H groups in total. The summed E-state index contributed by atoms with van der Waals surface area (Å²) in [6, 6.07) is 10.1. The van der Waals surface area contributed by atoms with Gasteiger partial charge in [0.15, 0.2) is 5.96 Å². The molecule has 3 heterocycles. The molecule has 8 heteroatoms. The molecule has 4 rings (SSSR count). The maximum Gasteiger partial charge on any atom is 0.213 e. The average Bonchev–Trinajstić information content (AvgIpc) is 3.29. The number of guanidine groups is 1. The highest BCUT2D eigenvalue weighted by Gasteiger charge is 2.20. The average molecular weight is 522 g/mol. The summed E-state index contributed by atoms with van der Waals surface area (Å²) in [4.78, 5) is 17.9. The van der Waals surface area contributed by atoms with Crippen molar-refractivity contribution in [3.8, 4) is 5.88 Å². The summed E-state index contributed by atoms with van der Waals surface area (Å²) < 4.78 is 6.03. The van der Waals surface area contributed by atoms with Gasteiger partial charge in [0, 0.05) is 58.2 Å². The molecule has 0 atom stereocenters. The Morgan fingerprint density at radius 3 is 2.60 bits per heavy atom. The predicted octanol–water partition coefficient (Wildman–Crippen LogP) is 3.31. The molecule has 0 unspecified atom stereocenters. The van der Waals surface area contributed by atoms with Crippen LogP contribution in [0.25, 0.3) is 0 Å². The van der Waals surface area contributed by atoms with Crippen LogP contribution in [0, 0.1) is 0 Å². The lowest BCUT2D eigenvalue weighted by atomic mass is 10.2. The smallest absolute Gasteiger partial charge is 0.213 e. The molecule has 1 saturated heterocycles. The van der Waals surface area contributed by atoms with Gasteiger partial charge in [0.2, 0.25) is 5.88 Å². The Morgan fingerprint density at radius 1 is 1.10 bits per heavy atom. The molecule has 2 aromatic rings. The molecular weight excluding hydrogens is 491 g/mol. The van der Waals surface area contributed by atoms with E-state index >= 15 is 0 Å². The van der Waals surface area contributed by atoms with Gasteiger partial charge in [0.05, 0.1) is 0 Å². The third-order valence-electron chi connectivity index (χ3n) is 5.60. The summed E-state index contributed by atoms with van der Waals surface area (Å²) in [6.45, 7) is 4.42. The van der Waals surface area contributed by atoms with Crippen LogP contribution in [0.15, 0.2) is 47.7 Å². The second-order valence-corrected chi connectivity index (χ2v) is 7.59. The molecule has 0 bridgehead atoms. The first-order valence-corrected chi connectivity index (χ1v) is 10.5. The van der Waals surface area contributed by atoms with Crippen LogP contribution in [-0.2, 0) is 6.54 Å².